The summed E-state index contributed by atoms with van der Waals surface area (Å²) in [5.41, 5.74) is 9.83. The molecule has 0 saturated heterocycles. The highest BCUT2D eigenvalue weighted by atomic mass is 32.2. The van der Waals surface area contributed by atoms with Crippen LogP contribution >= 0.6 is 11.8 Å². The number of fused-ring (bicyclic) bond motifs is 1. The summed E-state index contributed by atoms with van der Waals surface area (Å²) in [6.07, 6.45) is 0. The molecule has 0 unspecified atom stereocenters. The zero-order valence-electron chi connectivity index (χ0n) is 12.0. The maximum absolute atomic E-state index is 5.91. The number of imidazole rings is 1. The molecule has 1 aromatic heterocycles. The first kappa shape index (κ1) is 13.8. The van der Waals surface area contributed by atoms with E-state index in [1.54, 1.807) is 11.8 Å². The van der Waals surface area contributed by atoms with Crippen LogP contribution in [0.15, 0.2) is 46.5 Å². The average molecular weight is 299 g/mol. The van der Waals surface area contributed by atoms with Gasteiger partial charge in [0.25, 0.3) is 0 Å². The van der Waals surface area contributed by atoms with Gasteiger partial charge < -0.3 is 15.5 Å². The summed E-state index contributed by atoms with van der Waals surface area (Å²) in [6, 6.07) is 11.9. The van der Waals surface area contributed by atoms with E-state index in [0.717, 1.165) is 26.8 Å². The summed E-state index contributed by atoms with van der Waals surface area (Å²) >= 11 is 1.55. The van der Waals surface area contributed by atoms with E-state index in [1.165, 1.54) is 5.56 Å². The van der Waals surface area contributed by atoms with Gasteiger partial charge in [-0.05, 0) is 43.7 Å². The van der Waals surface area contributed by atoms with E-state index in [0.29, 0.717) is 12.3 Å². The van der Waals surface area contributed by atoms with Crippen molar-refractivity contribution < 1.29 is 4.74 Å². The molecule has 3 rings (SSSR count). The third kappa shape index (κ3) is 3.13. The molecular weight excluding hydrogens is 282 g/mol. The molecule has 1 heterocycles. The Balaban J connectivity index is 1.90. The minimum atomic E-state index is 0.622. The van der Waals surface area contributed by atoms with Crippen LogP contribution in [-0.2, 0) is 0 Å². The largest absolute Gasteiger partial charge is 0.494 e. The number of nitrogens with zero attached hydrogens (tertiary/aromatic N) is 1. The minimum absolute atomic E-state index is 0.622. The molecule has 3 aromatic rings. The topological polar surface area (TPSA) is 63.9 Å². The van der Waals surface area contributed by atoms with Crippen molar-refractivity contribution in [2.75, 3.05) is 12.3 Å². The number of nitrogens with one attached hydrogen (secondary N) is 1. The van der Waals surface area contributed by atoms with Crippen LogP contribution in [0.2, 0.25) is 0 Å². The number of aromatic amines is 1. The van der Waals surface area contributed by atoms with Crippen LogP contribution in [0.1, 0.15) is 12.5 Å². The van der Waals surface area contributed by atoms with Crippen molar-refractivity contribution in [1.82, 2.24) is 9.97 Å². The Hall–Kier alpha value is -2.14. The highest BCUT2D eigenvalue weighted by Crippen LogP contribution is 2.31. The second-order valence-corrected chi connectivity index (χ2v) is 5.90. The van der Waals surface area contributed by atoms with Crippen LogP contribution in [-0.4, -0.2) is 16.6 Å². The van der Waals surface area contributed by atoms with E-state index < -0.39 is 0 Å². The quantitative estimate of drug-likeness (QED) is 0.715. The predicted octanol–water partition coefficient (Wildman–Crippen LogP) is 4.00. The summed E-state index contributed by atoms with van der Waals surface area (Å²) in [5, 5.41) is 0.851. The Morgan fingerprint density at radius 3 is 2.90 bits per heavy atom. The van der Waals surface area contributed by atoms with Gasteiger partial charge in [0.1, 0.15) is 5.75 Å². The lowest BCUT2D eigenvalue weighted by atomic mass is 10.2. The van der Waals surface area contributed by atoms with Gasteiger partial charge in [0.05, 0.1) is 17.6 Å². The average Bonchev–Trinajstić information content (AvgIpc) is 2.79. The Morgan fingerprint density at radius 1 is 1.24 bits per heavy atom. The predicted molar refractivity (Wildman–Crippen MR) is 87.0 cm³/mol. The standard InChI is InChI=1S/C16H17N3OS/c1-3-20-12-7-11(17)8-13(9-12)21-16-18-14-5-4-10(2)6-15(14)19-16/h4-9H,3,17H2,1-2H3,(H,18,19). The van der Waals surface area contributed by atoms with E-state index in [2.05, 4.69) is 29.0 Å². The number of anilines is 1. The molecular formula is C16H17N3OS. The number of hydrogen-bond donors (Lipinski definition) is 2. The van der Waals surface area contributed by atoms with Crippen LogP contribution in [0.3, 0.4) is 0 Å². The molecule has 21 heavy (non-hydrogen) atoms. The summed E-state index contributed by atoms with van der Waals surface area (Å²) in [4.78, 5) is 8.91. The minimum Gasteiger partial charge on any atom is -0.494 e. The molecule has 0 atom stereocenters. The highest BCUT2D eigenvalue weighted by Gasteiger charge is 2.07. The van der Waals surface area contributed by atoms with Gasteiger partial charge in [-0.1, -0.05) is 17.8 Å². The van der Waals surface area contributed by atoms with Gasteiger partial charge in [0.15, 0.2) is 5.16 Å². The summed E-state index contributed by atoms with van der Waals surface area (Å²) < 4.78 is 5.52. The molecule has 0 spiro atoms. The van der Waals surface area contributed by atoms with Crippen molar-refractivity contribution in [3.8, 4) is 5.75 Å². The Morgan fingerprint density at radius 2 is 2.10 bits per heavy atom. The molecule has 0 aliphatic rings. The van der Waals surface area contributed by atoms with Gasteiger partial charge in [-0.15, -0.1) is 0 Å². The van der Waals surface area contributed by atoms with Crippen molar-refractivity contribution in [2.45, 2.75) is 23.9 Å². The van der Waals surface area contributed by atoms with E-state index in [4.69, 9.17) is 10.5 Å². The van der Waals surface area contributed by atoms with Crippen LogP contribution in [0.4, 0.5) is 5.69 Å². The van der Waals surface area contributed by atoms with E-state index in [9.17, 15) is 0 Å². The van der Waals surface area contributed by atoms with Gasteiger partial charge in [-0.25, -0.2) is 4.98 Å². The van der Waals surface area contributed by atoms with E-state index >= 15 is 0 Å². The lowest BCUT2D eigenvalue weighted by Gasteiger charge is -2.06. The normalized spacial score (nSPS) is 11.0. The fourth-order valence-corrected chi connectivity index (χ4v) is 3.06. The number of aryl methyl sites for hydroxylation is 1. The molecule has 0 aliphatic heterocycles. The lowest BCUT2D eigenvalue weighted by Crippen LogP contribution is -1.93. The maximum Gasteiger partial charge on any atom is 0.171 e. The first-order chi connectivity index (χ1) is 10.1. The second kappa shape index (κ2) is 5.69. The molecule has 5 heteroatoms. The highest BCUT2D eigenvalue weighted by molar-refractivity contribution is 7.99. The fraction of sp³-hybridized carbons (Fsp3) is 0.188. The molecule has 0 bridgehead atoms. The molecule has 2 aromatic carbocycles. The lowest BCUT2D eigenvalue weighted by molar-refractivity contribution is 0.339. The number of hydrogen-bond acceptors (Lipinski definition) is 4. The third-order valence-corrected chi connectivity index (χ3v) is 3.90. The van der Waals surface area contributed by atoms with Crippen molar-refractivity contribution in [2.24, 2.45) is 0 Å². The monoisotopic (exact) mass is 299 g/mol. The Bertz CT molecular complexity index is 782. The number of H-pyrrole nitrogens is 1. The summed E-state index contributed by atoms with van der Waals surface area (Å²) in [7, 11) is 0. The number of aromatic nitrogens is 2. The van der Waals surface area contributed by atoms with Crippen molar-refractivity contribution in [1.29, 1.82) is 0 Å². The number of benzene rings is 2. The molecule has 0 aliphatic carbocycles. The van der Waals surface area contributed by atoms with Crippen molar-refractivity contribution >= 4 is 28.5 Å². The maximum atomic E-state index is 5.91. The number of rotatable bonds is 4. The number of nitrogens with two attached hydrogens (primary N) is 1. The molecule has 3 N–H and O–H groups in total. The molecule has 0 amide bonds. The molecule has 108 valence electrons. The van der Waals surface area contributed by atoms with E-state index in [-0.39, 0.29) is 0 Å². The third-order valence-electron chi connectivity index (χ3n) is 3.04. The van der Waals surface area contributed by atoms with Crippen molar-refractivity contribution in [3.63, 3.8) is 0 Å². The second-order valence-electron chi connectivity index (χ2n) is 4.84. The van der Waals surface area contributed by atoms with Gasteiger partial charge in [0.2, 0.25) is 0 Å². The first-order valence-corrected chi connectivity index (χ1v) is 7.63. The number of nitrogen functional groups attached to an aromatic ring is 1. The summed E-state index contributed by atoms with van der Waals surface area (Å²) in [5.74, 6) is 0.784. The fourth-order valence-electron chi connectivity index (χ4n) is 2.16. The van der Waals surface area contributed by atoms with Crippen LogP contribution in [0.25, 0.3) is 11.0 Å². The smallest absolute Gasteiger partial charge is 0.171 e. The van der Waals surface area contributed by atoms with Crippen LogP contribution in [0.5, 0.6) is 5.75 Å². The SMILES string of the molecule is CCOc1cc(N)cc(Sc2nc3ccc(C)cc3[nH]2)c1. The number of ether oxygens (including phenoxy) is 1. The summed E-state index contributed by atoms with van der Waals surface area (Å²) in [6.45, 7) is 4.65. The van der Waals surface area contributed by atoms with Crippen LogP contribution in [0, 0.1) is 6.92 Å². The Kier molecular flexibility index (Phi) is 3.75. The Labute approximate surface area is 127 Å². The van der Waals surface area contributed by atoms with Gasteiger partial charge in [-0.3, -0.25) is 0 Å². The zero-order valence-corrected chi connectivity index (χ0v) is 12.8. The van der Waals surface area contributed by atoms with Crippen LogP contribution < -0.4 is 10.5 Å². The first-order valence-electron chi connectivity index (χ1n) is 6.81. The van der Waals surface area contributed by atoms with E-state index in [1.807, 2.05) is 31.2 Å². The molecule has 0 saturated carbocycles. The molecule has 4 nitrogen and oxygen atoms in total. The zero-order chi connectivity index (χ0) is 14.8. The van der Waals surface area contributed by atoms with Crippen molar-refractivity contribution in [3.05, 3.63) is 42.0 Å². The van der Waals surface area contributed by atoms with Gasteiger partial charge in [-0.2, -0.15) is 0 Å². The van der Waals surface area contributed by atoms with Gasteiger partial charge >= 0.3 is 0 Å². The molecule has 0 fully saturated rings. The van der Waals surface area contributed by atoms with Gasteiger partial charge in [0, 0.05) is 16.6 Å². The molecule has 0 radical (unpaired) electrons.